The van der Waals surface area contributed by atoms with Crippen LogP contribution in [0.25, 0.3) is 10.2 Å². The van der Waals surface area contributed by atoms with Gasteiger partial charge >= 0.3 is 5.97 Å². The molecule has 2 aromatic rings. The third kappa shape index (κ3) is 3.37. The Kier molecular flexibility index (Phi) is 5.04. The van der Waals surface area contributed by atoms with Gasteiger partial charge in [0.15, 0.2) is 0 Å². The number of hydrogen-bond acceptors (Lipinski definition) is 4. The monoisotopic (exact) mass is 334 g/mol. The van der Waals surface area contributed by atoms with Crippen molar-refractivity contribution in [1.82, 2.24) is 9.88 Å². The summed E-state index contributed by atoms with van der Waals surface area (Å²) in [6.45, 7) is 9.38. The van der Waals surface area contributed by atoms with Crippen molar-refractivity contribution in [3.05, 3.63) is 27.8 Å². The van der Waals surface area contributed by atoms with Crippen LogP contribution in [0.15, 0.2) is 6.07 Å². The van der Waals surface area contributed by atoms with Gasteiger partial charge in [0.2, 0.25) is 0 Å². The normalized spacial score (nSPS) is 12.4. The van der Waals surface area contributed by atoms with Crippen LogP contribution < -0.4 is 0 Å². The Labute approximate surface area is 139 Å². The van der Waals surface area contributed by atoms with E-state index in [1.165, 1.54) is 16.2 Å². The van der Waals surface area contributed by atoms with Gasteiger partial charge in [0.1, 0.15) is 11.4 Å². The lowest BCUT2D eigenvalue weighted by molar-refractivity contribution is -0.138. The van der Waals surface area contributed by atoms with Crippen LogP contribution in [0.3, 0.4) is 0 Å². The fraction of sp³-hybridized carbons (Fsp3) is 0.471. The zero-order valence-corrected chi connectivity index (χ0v) is 15.0. The number of pyridine rings is 1. The van der Waals surface area contributed by atoms with E-state index in [4.69, 9.17) is 5.11 Å². The molecule has 124 valence electrons. The van der Waals surface area contributed by atoms with E-state index in [1.54, 1.807) is 0 Å². The second-order valence-electron chi connectivity index (χ2n) is 5.90. The minimum absolute atomic E-state index is 0.126. The highest BCUT2D eigenvalue weighted by molar-refractivity contribution is 7.20. The fourth-order valence-electron chi connectivity index (χ4n) is 2.75. The molecule has 0 saturated carbocycles. The zero-order valence-electron chi connectivity index (χ0n) is 14.1. The smallest absolute Gasteiger partial charge is 0.323 e. The highest BCUT2D eigenvalue weighted by Crippen LogP contribution is 2.33. The van der Waals surface area contributed by atoms with E-state index in [1.807, 2.05) is 40.7 Å². The number of rotatable bonds is 5. The minimum atomic E-state index is -0.998. The molecule has 0 aliphatic rings. The minimum Gasteiger partial charge on any atom is -0.480 e. The van der Waals surface area contributed by atoms with Crippen molar-refractivity contribution in [3.8, 4) is 0 Å². The van der Waals surface area contributed by atoms with Crippen LogP contribution in [0.5, 0.6) is 0 Å². The van der Waals surface area contributed by atoms with Crippen molar-refractivity contribution < 1.29 is 14.7 Å². The molecular formula is C17H22N2O3S. The molecule has 1 atom stereocenters. The number of carbonyl (C=O) groups excluding carboxylic acids is 1. The highest BCUT2D eigenvalue weighted by atomic mass is 32.1. The number of aromatic nitrogens is 1. The van der Waals surface area contributed by atoms with E-state index in [0.29, 0.717) is 11.3 Å². The molecule has 0 bridgehead atoms. The summed E-state index contributed by atoms with van der Waals surface area (Å²) in [4.78, 5) is 31.4. The van der Waals surface area contributed by atoms with E-state index >= 15 is 0 Å². The van der Waals surface area contributed by atoms with Gasteiger partial charge in [-0.25, -0.2) is 4.98 Å². The Morgan fingerprint density at radius 1 is 1.35 bits per heavy atom. The topological polar surface area (TPSA) is 70.5 Å². The molecule has 0 unspecified atom stereocenters. The molecule has 5 nitrogen and oxygen atoms in total. The summed E-state index contributed by atoms with van der Waals surface area (Å²) in [5.41, 5.74) is 2.90. The summed E-state index contributed by atoms with van der Waals surface area (Å²) in [6.07, 6.45) is 0.708. The number of carbonyl (C=O) groups is 2. The first-order chi connectivity index (χ1) is 10.8. The third-order valence-corrected chi connectivity index (χ3v) is 5.28. The van der Waals surface area contributed by atoms with Gasteiger partial charge in [-0.2, -0.15) is 0 Å². The molecule has 0 spiro atoms. The lowest BCUT2D eigenvalue weighted by Crippen LogP contribution is -2.41. The predicted molar refractivity (Wildman–Crippen MR) is 92.3 cm³/mol. The predicted octanol–water partition coefficient (Wildman–Crippen LogP) is 3.55. The maximum atomic E-state index is 12.9. The molecule has 6 heteroatoms. The van der Waals surface area contributed by atoms with Crippen LogP contribution in [-0.2, 0) is 4.79 Å². The third-order valence-electron chi connectivity index (χ3n) is 4.11. The molecule has 23 heavy (non-hydrogen) atoms. The first kappa shape index (κ1) is 17.4. The average molecular weight is 334 g/mol. The van der Waals surface area contributed by atoms with Gasteiger partial charge in [-0.3, -0.25) is 9.59 Å². The molecule has 0 radical (unpaired) electrons. The van der Waals surface area contributed by atoms with Crippen LogP contribution in [0.2, 0.25) is 0 Å². The van der Waals surface area contributed by atoms with Gasteiger partial charge < -0.3 is 10.0 Å². The number of aryl methyl sites for hydroxylation is 3. The number of carboxylic acid groups (broad SMARTS) is 1. The maximum Gasteiger partial charge on any atom is 0.323 e. The molecule has 0 fully saturated rings. The standard InChI is InChI=1S/C17H22N2O3S/c1-6-11(4)19(8-13(20)21)17(22)15-12(5)14-9(2)7-10(3)18-16(14)23-15/h7,11H,6,8H2,1-5H3,(H,20,21)/t11-/m1/s1. The van der Waals surface area contributed by atoms with Gasteiger partial charge in [0.25, 0.3) is 5.91 Å². The lowest BCUT2D eigenvalue weighted by Gasteiger charge is -2.26. The maximum absolute atomic E-state index is 12.9. The van der Waals surface area contributed by atoms with Crippen molar-refractivity contribution in [2.45, 2.75) is 47.1 Å². The van der Waals surface area contributed by atoms with Gasteiger partial charge in [0, 0.05) is 17.1 Å². The van der Waals surface area contributed by atoms with Gasteiger partial charge in [0.05, 0.1) is 4.88 Å². The molecule has 2 rings (SSSR count). The molecule has 1 N–H and O–H groups in total. The number of carboxylic acids is 1. The molecule has 0 aliphatic heterocycles. The van der Waals surface area contributed by atoms with Crippen molar-refractivity contribution in [2.24, 2.45) is 0 Å². The number of aliphatic carboxylic acids is 1. The lowest BCUT2D eigenvalue weighted by atomic mass is 10.1. The van der Waals surface area contributed by atoms with Crippen LogP contribution in [-0.4, -0.2) is 39.5 Å². The Balaban J connectivity index is 2.53. The van der Waals surface area contributed by atoms with E-state index < -0.39 is 5.97 Å². The molecule has 1 amide bonds. The van der Waals surface area contributed by atoms with E-state index in [0.717, 1.165) is 27.0 Å². The summed E-state index contributed by atoms with van der Waals surface area (Å²) >= 11 is 1.35. The largest absolute Gasteiger partial charge is 0.480 e. The Bertz CT molecular complexity index is 767. The second-order valence-corrected chi connectivity index (χ2v) is 6.90. The SMILES string of the molecule is CC[C@@H](C)N(CC(=O)O)C(=O)c1sc2nc(C)cc(C)c2c1C. The number of hydrogen-bond donors (Lipinski definition) is 1. The summed E-state index contributed by atoms with van der Waals surface area (Å²) in [7, 11) is 0. The fourth-order valence-corrected chi connectivity index (χ4v) is 4.01. The Morgan fingerprint density at radius 3 is 2.57 bits per heavy atom. The molecule has 0 saturated heterocycles. The Hall–Kier alpha value is -1.95. The van der Waals surface area contributed by atoms with Crippen molar-refractivity contribution in [3.63, 3.8) is 0 Å². The van der Waals surface area contributed by atoms with Gasteiger partial charge in [-0.1, -0.05) is 6.92 Å². The first-order valence-corrected chi connectivity index (χ1v) is 8.48. The molecule has 0 aromatic carbocycles. The Morgan fingerprint density at radius 2 is 2.00 bits per heavy atom. The average Bonchev–Trinajstić information content (AvgIpc) is 2.80. The quantitative estimate of drug-likeness (QED) is 0.908. The van der Waals surface area contributed by atoms with Gasteiger partial charge in [-0.15, -0.1) is 11.3 Å². The van der Waals surface area contributed by atoms with Crippen molar-refractivity contribution in [2.75, 3.05) is 6.54 Å². The zero-order chi connectivity index (χ0) is 17.3. The summed E-state index contributed by atoms with van der Waals surface area (Å²) < 4.78 is 0. The van der Waals surface area contributed by atoms with Crippen LogP contribution in [0.4, 0.5) is 0 Å². The number of amides is 1. The summed E-state index contributed by atoms with van der Waals surface area (Å²) in [5.74, 6) is -1.22. The van der Waals surface area contributed by atoms with Crippen LogP contribution in [0.1, 0.15) is 46.8 Å². The summed E-state index contributed by atoms with van der Waals surface area (Å²) in [6, 6.07) is 1.87. The first-order valence-electron chi connectivity index (χ1n) is 7.66. The van der Waals surface area contributed by atoms with Gasteiger partial charge in [-0.05, 0) is 51.3 Å². The molecule has 2 aromatic heterocycles. The molecule has 0 aliphatic carbocycles. The molecular weight excluding hydrogens is 312 g/mol. The summed E-state index contributed by atoms with van der Waals surface area (Å²) in [5, 5.41) is 10.1. The van der Waals surface area contributed by atoms with E-state index in [2.05, 4.69) is 4.98 Å². The highest BCUT2D eigenvalue weighted by Gasteiger charge is 2.27. The number of fused-ring (bicyclic) bond motifs is 1. The van der Waals surface area contributed by atoms with Crippen LogP contribution in [0, 0.1) is 20.8 Å². The second kappa shape index (κ2) is 6.66. The van der Waals surface area contributed by atoms with E-state index in [-0.39, 0.29) is 18.5 Å². The van der Waals surface area contributed by atoms with Crippen molar-refractivity contribution >= 4 is 33.4 Å². The number of nitrogens with zero attached hydrogens (tertiary/aromatic N) is 2. The molecule has 2 heterocycles. The van der Waals surface area contributed by atoms with Crippen molar-refractivity contribution in [1.29, 1.82) is 0 Å². The van der Waals surface area contributed by atoms with Crippen LogP contribution >= 0.6 is 11.3 Å². The number of thiophene rings is 1. The van der Waals surface area contributed by atoms with E-state index in [9.17, 15) is 9.59 Å².